The zero-order valence-electron chi connectivity index (χ0n) is 11.9. The SMILES string of the molecule is CCCSc1ccc(-c2ccccc2OCC)cc1Cl. The van der Waals surface area contributed by atoms with Gasteiger partial charge in [0.15, 0.2) is 0 Å². The van der Waals surface area contributed by atoms with Crippen LogP contribution in [0.4, 0.5) is 0 Å². The van der Waals surface area contributed by atoms with Crippen molar-refractivity contribution in [1.82, 2.24) is 0 Å². The van der Waals surface area contributed by atoms with Gasteiger partial charge in [0.2, 0.25) is 0 Å². The molecule has 0 aliphatic carbocycles. The Hall–Kier alpha value is -1.12. The van der Waals surface area contributed by atoms with Crippen LogP contribution in [-0.4, -0.2) is 12.4 Å². The Kier molecular flexibility index (Phi) is 5.81. The summed E-state index contributed by atoms with van der Waals surface area (Å²) in [5, 5.41) is 0.812. The number of ether oxygens (including phenoxy) is 1. The lowest BCUT2D eigenvalue weighted by molar-refractivity contribution is 0.341. The number of halogens is 1. The number of thioether (sulfide) groups is 1. The minimum atomic E-state index is 0.662. The Labute approximate surface area is 130 Å². The van der Waals surface area contributed by atoms with Crippen LogP contribution in [0.5, 0.6) is 5.75 Å². The van der Waals surface area contributed by atoms with Crippen LogP contribution in [0.1, 0.15) is 20.3 Å². The lowest BCUT2D eigenvalue weighted by atomic mass is 10.0. The lowest BCUT2D eigenvalue weighted by Gasteiger charge is -2.11. The highest BCUT2D eigenvalue weighted by Gasteiger charge is 2.08. The van der Waals surface area contributed by atoms with Crippen LogP contribution < -0.4 is 4.74 Å². The Morgan fingerprint density at radius 1 is 1.10 bits per heavy atom. The van der Waals surface area contributed by atoms with Crippen LogP contribution in [0.3, 0.4) is 0 Å². The molecule has 0 fully saturated rings. The summed E-state index contributed by atoms with van der Waals surface area (Å²) in [7, 11) is 0. The van der Waals surface area contributed by atoms with Gasteiger partial charge in [0.05, 0.1) is 11.6 Å². The van der Waals surface area contributed by atoms with Crippen LogP contribution in [0.15, 0.2) is 47.4 Å². The average Bonchev–Trinajstić information content (AvgIpc) is 2.47. The van der Waals surface area contributed by atoms with E-state index in [1.165, 1.54) is 0 Å². The Bertz CT molecular complexity index is 569. The Balaban J connectivity index is 2.32. The van der Waals surface area contributed by atoms with Crippen molar-refractivity contribution in [2.24, 2.45) is 0 Å². The second-order valence-electron chi connectivity index (χ2n) is 4.42. The van der Waals surface area contributed by atoms with Gasteiger partial charge < -0.3 is 4.74 Å². The molecule has 0 N–H and O–H groups in total. The maximum absolute atomic E-state index is 6.38. The second kappa shape index (κ2) is 7.61. The van der Waals surface area contributed by atoms with Crippen molar-refractivity contribution < 1.29 is 4.74 Å². The molecule has 0 saturated heterocycles. The third kappa shape index (κ3) is 3.71. The first-order valence-corrected chi connectivity index (χ1v) is 8.27. The number of para-hydroxylation sites is 1. The normalized spacial score (nSPS) is 10.6. The fourth-order valence-corrected chi connectivity index (χ4v) is 3.11. The Morgan fingerprint density at radius 3 is 2.60 bits per heavy atom. The van der Waals surface area contributed by atoms with Gasteiger partial charge in [0.25, 0.3) is 0 Å². The molecule has 0 aliphatic heterocycles. The molecule has 3 heteroatoms. The topological polar surface area (TPSA) is 9.23 Å². The summed E-state index contributed by atoms with van der Waals surface area (Å²) in [5.41, 5.74) is 2.18. The van der Waals surface area contributed by atoms with Gasteiger partial charge in [-0.05, 0) is 42.9 Å². The van der Waals surface area contributed by atoms with E-state index in [4.69, 9.17) is 16.3 Å². The van der Waals surface area contributed by atoms with Crippen LogP contribution in [-0.2, 0) is 0 Å². The van der Waals surface area contributed by atoms with Gasteiger partial charge in [-0.2, -0.15) is 0 Å². The molecule has 2 aromatic carbocycles. The van der Waals surface area contributed by atoms with E-state index < -0.39 is 0 Å². The van der Waals surface area contributed by atoms with Crippen molar-refractivity contribution in [3.8, 4) is 16.9 Å². The van der Waals surface area contributed by atoms with Crippen LogP contribution in [0.2, 0.25) is 5.02 Å². The third-order valence-corrected chi connectivity index (χ3v) is 4.60. The van der Waals surface area contributed by atoms with E-state index in [1.807, 2.05) is 31.2 Å². The summed E-state index contributed by atoms with van der Waals surface area (Å²) in [5.74, 6) is 1.99. The lowest BCUT2D eigenvalue weighted by Crippen LogP contribution is -1.93. The second-order valence-corrected chi connectivity index (χ2v) is 5.97. The first-order valence-electron chi connectivity index (χ1n) is 6.90. The quantitative estimate of drug-likeness (QED) is 0.614. The molecule has 20 heavy (non-hydrogen) atoms. The van der Waals surface area contributed by atoms with E-state index in [2.05, 4.69) is 25.1 Å². The van der Waals surface area contributed by atoms with E-state index in [9.17, 15) is 0 Å². The van der Waals surface area contributed by atoms with Gasteiger partial charge in [-0.3, -0.25) is 0 Å². The van der Waals surface area contributed by atoms with Crippen molar-refractivity contribution in [2.75, 3.05) is 12.4 Å². The van der Waals surface area contributed by atoms with Crippen LogP contribution in [0, 0.1) is 0 Å². The fraction of sp³-hybridized carbons (Fsp3) is 0.294. The van der Waals surface area contributed by atoms with E-state index in [-0.39, 0.29) is 0 Å². The van der Waals surface area contributed by atoms with Crippen molar-refractivity contribution >= 4 is 23.4 Å². The van der Waals surface area contributed by atoms with Crippen molar-refractivity contribution in [2.45, 2.75) is 25.2 Å². The molecule has 1 nitrogen and oxygen atoms in total. The fourth-order valence-electron chi connectivity index (χ4n) is 1.98. The molecule has 2 rings (SSSR count). The maximum atomic E-state index is 6.38. The zero-order valence-corrected chi connectivity index (χ0v) is 13.4. The van der Waals surface area contributed by atoms with E-state index in [0.29, 0.717) is 6.61 Å². The van der Waals surface area contributed by atoms with Crippen molar-refractivity contribution in [3.63, 3.8) is 0 Å². The summed E-state index contributed by atoms with van der Waals surface area (Å²) in [4.78, 5) is 1.14. The molecule has 0 atom stereocenters. The molecule has 0 bridgehead atoms. The first kappa shape index (κ1) is 15.3. The zero-order chi connectivity index (χ0) is 14.4. The molecule has 0 unspecified atom stereocenters. The molecular weight excluding hydrogens is 288 g/mol. The van der Waals surface area contributed by atoms with Gasteiger partial charge in [-0.25, -0.2) is 0 Å². The first-order chi connectivity index (χ1) is 9.76. The predicted octanol–water partition coefficient (Wildman–Crippen LogP) is 5.91. The average molecular weight is 307 g/mol. The van der Waals surface area contributed by atoms with E-state index >= 15 is 0 Å². The summed E-state index contributed by atoms with van der Waals surface area (Å²) >= 11 is 8.18. The third-order valence-electron chi connectivity index (χ3n) is 2.89. The summed E-state index contributed by atoms with van der Waals surface area (Å²) in [6.45, 7) is 4.83. The predicted molar refractivity (Wildman–Crippen MR) is 89.1 cm³/mol. The van der Waals surface area contributed by atoms with E-state index in [0.717, 1.165) is 39.0 Å². The molecule has 0 aliphatic rings. The van der Waals surface area contributed by atoms with Gasteiger partial charge >= 0.3 is 0 Å². The van der Waals surface area contributed by atoms with Crippen LogP contribution >= 0.6 is 23.4 Å². The van der Waals surface area contributed by atoms with Gasteiger partial charge in [-0.1, -0.05) is 42.8 Å². The number of hydrogen-bond donors (Lipinski definition) is 0. The van der Waals surface area contributed by atoms with Gasteiger partial charge in [0, 0.05) is 10.5 Å². The molecule has 0 spiro atoms. The highest BCUT2D eigenvalue weighted by Crippen LogP contribution is 2.35. The number of hydrogen-bond acceptors (Lipinski definition) is 2. The maximum Gasteiger partial charge on any atom is 0.127 e. The van der Waals surface area contributed by atoms with Crippen molar-refractivity contribution in [1.29, 1.82) is 0 Å². The molecule has 2 aromatic rings. The Morgan fingerprint density at radius 2 is 1.90 bits per heavy atom. The minimum absolute atomic E-state index is 0.662. The summed E-state index contributed by atoms with van der Waals surface area (Å²) in [6, 6.07) is 14.3. The smallest absolute Gasteiger partial charge is 0.127 e. The largest absolute Gasteiger partial charge is 0.493 e. The van der Waals surface area contributed by atoms with E-state index in [1.54, 1.807) is 11.8 Å². The molecule has 0 amide bonds. The van der Waals surface area contributed by atoms with Crippen LogP contribution in [0.25, 0.3) is 11.1 Å². The number of rotatable bonds is 6. The van der Waals surface area contributed by atoms with Gasteiger partial charge in [0.1, 0.15) is 5.75 Å². The molecule has 0 aromatic heterocycles. The number of benzene rings is 2. The molecular formula is C17H19ClOS. The molecule has 0 radical (unpaired) electrons. The molecule has 0 heterocycles. The minimum Gasteiger partial charge on any atom is -0.493 e. The summed E-state index contributed by atoms with van der Waals surface area (Å²) in [6.07, 6.45) is 1.15. The highest BCUT2D eigenvalue weighted by molar-refractivity contribution is 7.99. The summed E-state index contributed by atoms with van der Waals surface area (Å²) < 4.78 is 5.68. The molecule has 106 valence electrons. The molecule has 0 saturated carbocycles. The highest BCUT2D eigenvalue weighted by atomic mass is 35.5. The standard InChI is InChI=1S/C17H19ClOS/c1-3-11-20-17-10-9-13(12-15(17)18)14-7-5-6-8-16(14)19-4-2/h5-10,12H,3-4,11H2,1-2H3. The monoisotopic (exact) mass is 306 g/mol. The van der Waals surface area contributed by atoms with Gasteiger partial charge in [-0.15, -0.1) is 11.8 Å². The van der Waals surface area contributed by atoms with Crippen molar-refractivity contribution in [3.05, 3.63) is 47.5 Å².